The topological polar surface area (TPSA) is 169 Å². The first-order valence-corrected chi connectivity index (χ1v) is 26.3. The van der Waals surface area contributed by atoms with Crippen molar-refractivity contribution in [1.82, 2.24) is 0 Å². The molecule has 0 unspecified atom stereocenters. The van der Waals surface area contributed by atoms with Crippen molar-refractivity contribution in [2.75, 3.05) is 0 Å². The van der Waals surface area contributed by atoms with Gasteiger partial charge in [-0.3, -0.25) is 0 Å². The molecule has 0 saturated heterocycles. The normalized spacial score (nSPS) is 11.7. The Hall–Kier alpha value is 1.21. The van der Waals surface area contributed by atoms with Gasteiger partial charge >= 0.3 is 268 Å². The minimum atomic E-state index is -0.0625. The molecular formula is C38H88Ga4O6+2. The quantitative estimate of drug-likeness (QED) is 0.150. The molecule has 48 heavy (non-hydrogen) atoms. The second-order valence-corrected chi connectivity index (χ2v) is 52.5. The van der Waals surface area contributed by atoms with Crippen LogP contribution in [0.4, 0.5) is 0 Å². The minimum absolute atomic E-state index is 0. The SMILES string of the molecule is C[C](C)(C)[Ga][C](C)(C)C.C[C](C)(C)[Ga][C](C)(C)C.C[C](C)(C)[Ga][C](C)(C)C.C[C](C)(C)[Ga][C](C)(C)C.O.O.Oc1ccc(O)cc1.[OH3+].[OH3+]. The van der Waals surface area contributed by atoms with Gasteiger partial charge in [0.15, 0.2) is 0 Å². The number of phenols is 2. The van der Waals surface area contributed by atoms with E-state index in [1.54, 1.807) is 0 Å². The van der Waals surface area contributed by atoms with E-state index in [1.165, 1.54) is 24.3 Å². The van der Waals surface area contributed by atoms with Gasteiger partial charge in [-0.05, 0) is 24.3 Å². The summed E-state index contributed by atoms with van der Waals surface area (Å²) in [6, 6.07) is 5.70. The van der Waals surface area contributed by atoms with Gasteiger partial charge in [0, 0.05) is 0 Å². The van der Waals surface area contributed by atoms with E-state index < -0.39 is 0 Å². The van der Waals surface area contributed by atoms with Crippen molar-refractivity contribution in [3.8, 4) is 11.5 Å². The maximum absolute atomic E-state index is 8.65. The van der Waals surface area contributed by atoms with Gasteiger partial charge in [0.25, 0.3) is 0 Å². The van der Waals surface area contributed by atoms with E-state index in [9.17, 15) is 0 Å². The van der Waals surface area contributed by atoms with E-state index in [0.29, 0.717) is 31.8 Å². The third-order valence-electron chi connectivity index (χ3n) is 4.31. The van der Waals surface area contributed by atoms with Crippen LogP contribution in [0.2, 0.25) is 31.8 Å². The van der Waals surface area contributed by atoms with Crippen molar-refractivity contribution in [3.05, 3.63) is 24.3 Å². The summed E-state index contributed by atoms with van der Waals surface area (Å²) in [5.74, 6) is 0.339. The van der Waals surface area contributed by atoms with Crippen LogP contribution in [0.25, 0.3) is 0 Å². The molecule has 0 spiro atoms. The molecule has 0 bridgehead atoms. The standard InChI is InChI=1S/C6H6O2.8C4H9.4Ga.4H2O/c7-5-1-2-6(8)4-3-5;8*1-4(2)3;;;;;;;;/h1-4,7-8H;8*1-3H3;;;;;4*1H2/p+2. The van der Waals surface area contributed by atoms with Crippen molar-refractivity contribution in [2.45, 2.75) is 198 Å². The molecule has 6 nitrogen and oxygen atoms in total. The van der Waals surface area contributed by atoms with Crippen LogP contribution >= 0.6 is 0 Å². The van der Waals surface area contributed by atoms with E-state index >= 15 is 0 Å². The van der Waals surface area contributed by atoms with Gasteiger partial charge in [0.1, 0.15) is 11.5 Å². The molecule has 12 N–H and O–H groups in total. The molecule has 0 aliphatic heterocycles. The molecule has 0 fully saturated rings. The molecule has 286 valence electrons. The third-order valence-corrected chi connectivity index (χ3v) is 18.8. The second-order valence-electron chi connectivity index (χ2n) is 21.0. The van der Waals surface area contributed by atoms with Crippen LogP contribution in [-0.2, 0) is 11.0 Å². The Morgan fingerprint density at radius 1 is 0.292 bits per heavy atom. The zero-order chi connectivity index (χ0) is 36.8. The molecule has 0 aliphatic carbocycles. The number of rotatable bonds is 0. The zero-order valence-corrected chi connectivity index (χ0v) is 46.4. The summed E-state index contributed by atoms with van der Waals surface area (Å²) in [4.78, 5) is 0. The van der Waals surface area contributed by atoms with E-state index in [1.807, 2.05) is 0 Å². The molecule has 0 amide bonds. The van der Waals surface area contributed by atoms with Crippen molar-refractivity contribution in [1.29, 1.82) is 0 Å². The predicted molar refractivity (Wildman–Crippen MR) is 227 cm³/mol. The Morgan fingerprint density at radius 2 is 0.375 bits per heavy atom. The summed E-state index contributed by atoms with van der Waals surface area (Å²) < 4.78 is 5.12. The number of hydrogen-bond donors (Lipinski definition) is 2. The summed E-state index contributed by atoms with van der Waals surface area (Å²) >= 11 is -0.250. The van der Waals surface area contributed by atoms with E-state index in [-0.39, 0.29) is 103 Å². The summed E-state index contributed by atoms with van der Waals surface area (Å²) in [5, 5.41) is 17.3. The molecule has 0 atom stereocenters. The van der Waals surface area contributed by atoms with E-state index in [4.69, 9.17) is 10.2 Å². The first kappa shape index (κ1) is 67.3. The average Bonchev–Trinajstić information content (AvgIpc) is 2.53. The number of hydrogen-bond acceptors (Lipinski definition) is 2. The van der Waals surface area contributed by atoms with Crippen molar-refractivity contribution in [3.63, 3.8) is 0 Å². The molecule has 1 rings (SSSR count). The van der Waals surface area contributed by atoms with Gasteiger partial charge in [-0.15, -0.1) is 0 Å². The van der Waals surface area contributed by atoms with Gasteiger partial charge in [0.2, 0.25) is 0 Å². The van der Waals surface area contributed by atoms with Crippen LogP contribution < -0.4 is 0 Å². The van der Waals surface area contributed by atoms with Gasteiger partial charge < -0.3 is 32.1 Å². The third kappa shape index (κ3) is 81.3. The van der Waals surface area contributed by atoms with Crippen LogP contribution in [-0.4, -0.2) is 90.8 Å². The fourth-order valence-electron chi connectivity index (χ4n) is 5.65. The van der Waals surface area contributed by atoms with Crippen LogP contribution in [0.15, 0.2) is 24.3 Å². The summed E-state index contributed by atoms with van der Waals surface area (Å²) in [5.41, 5.74) is 0. The molecule has 0 saturated carbocycles. The van der Waals surface area contributed by atoms with E-state index in [2.05, 4.69) is 166 Å². The Balaban J connectivity index is -0.0000000680. The zero-order valence-electron chi connectivity index (χ0n) is 36.7. The Labute approximate surface area is 332 Å². The molecule has 0 aromatic heterocycles. The predicted octanol–water partition coefficient (Wildman–Crippen LogP) is 10.1. The molecule has 1 aromatic rings. The van der Waals surface area contributed by atoms with Gasteiger partial charge in [-0.25, -0.2) is 0 Å². The molecular weight excluding hydrogens is 831 g/mol. The van der Waals surface area contributed by atoms with Crippen LogP contribution in [0.3, 0.4) is 0 Å². The summed E-state index contributed by atoms with van der Waals surface area (Å²) in [7, 11) is 0. The molecule has 0 aliphatic rings. The Morgan fingerprint density at radius 3 is 0.417 bits per heavy atom. The van der Waals surface area contributed by atoms with Crippen molar-refractivity contribution in [2.24, 2.45) is 0 Å². The summed E-state index contributed by atoms with van der Waals surface area (Å²) in [6.45, 7) is 56.6. The molecule has 1 aromatic carbocycles. The smallest absolute Gasteiger partial charge is 0.115 e. The Bertz CT molecular complexity index is 678. The van der Waals surface area contributed by atoms with Crippen LogP contribution in [0.1, 0.15) is 166 Å². The molecule has 4 radical (unpaired) electrons. The minimum Gasteiger partial charge on any atom is -0.508 e. The largest absolute Gasteiger partial charge is 0.508 e. The fourth-order valence-corrected chi connectivity index (χ4v) is 27.5. The number of benzene rings is 1. The summed E-state index contributed by atoms with van der Waals surface area (Å²) in [6.07, 6.45) is 0. The monoisotopic (exact) mass is 916 g/mol. The number of phenolic OH excluding ortho intramolecular Hbond substituents is 2. The van der Waals surface area contributed by atoms with Gasteiger partial charge in [0.05, 0.1) is 0 Å². The van der Waals surface area contributed by atoms with E-state index in [0.717, 1.165) is 0 Å². The maximum Gasteiger partial charge on any atom is 0.115 e. The van der Waals surface area contributed by atoms with Gasteiger partial charge in [-0.1, -0.05) is 0 Å². The average molecular weight is 920 g/mol. The van der Waals surface area contributed by atoms with Gasteiger partial charge in [-0.2, -0.15) is 0 Å². The first-order valence-electron chi connectivity index (χ1n) is 16.6. The molecule has 10 heteroatoms. The fraction of sp³-hybridized carbons (Fsp3) is 0.842. The van der Waals surface area contributed by atoms with Crippen molar-refractivity contribution >= 4 is 69.6 Å². The maximum atomic E-state index is 8.65. The van der Waals surface area contributed by atoms with Crippen molar-refractivity contribution < 1.29 is 32.1 Å². The first-order chi connectivity index (χ1) is 18.6. The molecule has 0 heterocycles. The van der Waals surface area contributed by atoms with Crippen LogP contribution in [0.5, 0.6) is 11.5 Å². The second kappa shape index (κ2) is 26.9. The number of aromatic hydroxyl groups is 2. The van der Waals surface area contributed by atoms with Crippen LogP contribution in [0, 0.1) is 0 Å². The Kier molecular flexibility index (Phi) is 37.7.